The molecule has 0 aromatic carbocycles. The van der Waals surface area contributed by atoms with Gasteiger partial charge in [0.05, 0.1) is 18.3 Å². The van der Waals surface area contributed by atoms with E-state index in [-0.39, 0.29) is 18.3 Å². The van der Waals surface area contributed by atoms with Crippen LogP contribution < -0.4 is 0 Å². The Morgan fingerprint density at radius 2 is 2.38 bits per heavy atom. The van der Waals surface area contributed by atoms with Gasteiger partial charge in [0, 0.05) is 10.3 Å². The smallest absolute Gasteiger partial charge is 0.0757 e. The Labute approximate surface area is 93.5 Å². The van der Waals surface area contributed by atoms with Gasteiger partial charge in [-0.2, -0.15) is 0 Å². The van der Waals surface area contributed by atoms with Gasteiger partial charge in [-0.3, -0.25) is 0 Å². The van der Waals surface area contributed by atoms with Crippen LogP contribution in [0.3, 0.4) is 0 Å². The monoisotopic (exact) mass is 296 g/mol. The highest BCUT2D eigenvalue weighted by Crippen LogP contribution is 2.28. The lowest BCUT2D eigenvalue weighted by atomic mass is 9.88. The fraction of sp³-hybridized carbons (Fsp3) is 0.800. The number of alkyl halides is 1. The third-order valence-corrected chi connectivity index (χ3v) is 3.59. The number of aliphatic hydroxyl groups excluding tert-OH is 1. The first-order valence-corrected chi connectivity index (χ1v) is 6.23. The van der Waals surface area contributed by atoms with Crippen LogP contribution in [0.5, 0.6) is 0 Å². The van der Waals surface area contributed by atoms with Crippen LogP contribution in [0, 0.1) is 5.92 Å². The van der Waals surface area contributed by atoms with E-state index in [1.807, 2.05) is 13.0 Å². The fourth-order valence-electron chi connectivity index (χ4n) is 1.83. The lowest BCUT2D eigenvalue weighted by Crippen LogP contribution is -2.39. The minimum atomic E-state index is -0.221. The zero-order valence-corrected chi connectivity index (χ0v) is 10.1. The van der Waals surface area contributed by atoms with Crippen molar-refractivity contribution in [2.75, 3.05) is 4.43 Å². The summed E-state index contributed by atoms with van der Waals surface area (Å²) in [6.45, 7) is 5.76. The molecule has 76 valence electrons. The maximum absolute atomic E-state index is 9.70. The van der Waals surface area contributed by atoms with Gasteiger partial charge in [0.25, 0.3) is 0 Å². The molecule has 0 radical (unpaired) electrons. The van der Waals surface area contributed by atoms with Crippen LogP contribution in [0.15, 0.2) is 12.7 Å². The van der Waals surface area contributed by atoms with E-state index < -0.39 is 0 Å². The molecule has 0 aliphatic carbocycles. The molecule has 4 atom stereocenters. The highest BCUT2D eigenvalue weighted by Gasteiger charge is 2.31. The quantitative estimate of drug-likeness (QED) is 0.491. The predicted octanol–water partition coefficient (Wildman–Crippen LogP) is 2.15. The van der Waals surface area contributed by atoms with Gasteiger partial charge in [-0.1, -0.05) is 28.7 Å². The third kappa shape index (κ3) is 2.92. The molecule has 1 aliphatic heterocycles. The summed E-state index contributed by atoms with van der Waals surface area (Å²) >= 11 is 2.21. The second kappa shape index (κ2) is 5.32. The van der Waals surface area contributed by atoms with Crippen LogP contribution in [0.4, 0.5) is 0 Å². The van der Waals surface area contributed by atoms with E-state index in [0.29, 0.717) is 5.92 Å². The molecule has 0 aromatic rings. The Morgan fingerprint density at radius 1 is 1.69 bits per heavy atom. The molecule has 1 saturated heterocycles. The van der Waals surface area contributed by atoms with E-state index in [9.17, 15) is 5.11 Å². The molecule has 1 N–H and O–H groups in total. The fourth-order valence-corrected chi connectivity index (χ4v) is 2.48. The van der Waals surface area contributed by atoms with Crippen molar-refractivity contribution in [1.82, 2.24) is 0 Å². The van der Waals surface area contributed by atoms with E-state index in [0.717, 1.165) is 17.3 Å². The molecule has 0 spiro atoms. The van der Waals surface area contributed by atoms with Gasteiger partial charge in [-0.25, -0.2) is 0 Å². The lowest BCUT2D eigenvalue weighted by molar-refractivity contribution is -0.0829. The van der Waals surface area contributed by atoms with Crippen LogP contribution >= 0.6 is 22.6 Å². The Hall–Kier alpha value is 0.390. The zero-order chi connectivity index (χ0) is 9.84. The van der Waals surface area contributed by atoms with Crippen molar-refractivity contribution in [3.8, 4) is 0 Å². The summed E-state index contributed by atoms with van der Waals surface area (Å²) < 4.78 is 6.48. The SMILES string of the molecule is C=CC1CCC(C(O)CI)C(C)O1. The Balaban J connectivity index is 2.47. The molecule has 2 nitrogen and oxygen atoms in total. The second-order valence-corrected chi connectivity index (χ2v) is 4.46. The topological polar surface area (TPSA) is 29.5 Å². The summed E-state index contributed by atoms with van der Waals surface area (Å²) in [4.78, 5) is 0. The molecule has 1 aliphatic rings. The molecule has 0 amide bonds. The van der Waals surface area contributed by atoms with E-state index in [4.69, 9.17) is 4.74 Å². The zero-order valence-electron chi connectivity index (χ0n) is 7.95. The van der Waals surface area contributed by atoms with E-state index in [2.05, 4.69) is 29.2 Å². The first kappa shape index (κ1) is 11.5. The molecule has 1 fully saturated rings. The molecule has 1 heterocycles. The van der Waals surface area contributed by atoms with Crippen molar-refractivity contribution in [2.45, 2.75) is 38.1 Å². The summed E-state index contributed by atoms with van der Waals surface area (Å²) in [6, 6.07) is 0. The highest BCUT2D eigenvalue weighted by molar-refractivity contribution is 14.1. The second-order valence-electron chi connectivity index (χ2n) is 3.58. The molecule has 1 rings (SSSR count). The van der Waals surface area contributed by atoms with Gasteiger partial charge in [0.1, 0.15) is 0 Å². The first-order valence-electron chi connectivity index (χ1n) is 4.71. The van der Waals surface area contributed by atoms with Crippen LogP contribution in [-0.4, -0.2) is 27.8 Å². The van der Waals surface area contributed by atoms with Crippen molar-refractivity contribution in [1.29, 1.82) is 0 Å². The lowest BCUT2D eigenvalue weighted by Gasteiger charge is -2.35. The van der Waals surface area contributed by atoms with Crippen LogP contribution in [-0.2, 0) is 4.74 Å². The van der Waals surface area contributed by atoms with Gasteiger partial charge >= 0.3 is 0 Å². The van der Waals surface area contributed by atoms with Crippen LogP contribution in [0.1, 0.15) is 19.8 Å². The standard InChI is InChI=1S/C10H17IO2/c1-3-8-4-5-9(7(2)13-8)10(12)6-11/h3,7-10,12H,1,4-6H2,2H3. The molecule has 0 aromatic heterocycles. The highest BCUT2D eigenvalue weighted by atomic mass is 127. The minimum absolute atomic E-state index is 0.154. The molecule has 0 saturated carbocycles. The van der Waals surface area contributed by atoms with Gasteiger partial charge in [0.15, 0.2) is 0 Å². The van der Waals surface area contributed by atoms with Crippen molar-refractivity contribution in [2.24, 2.45) is 5.92 Å². The molecule has 3 heteroatoms. The predicted molar refractivity (Wildman–Crippen MR) is 62.1 cm³/mol. The van der Waals surface area contributed by atoms with Gasteiger partial charge in [0.2, 0.25) is 0 Å². The number of rotatable bonds is 3. The first-order chi connectivity index (χ1) is 6.19. The molecule has 0 bridgehead atoms. The average Bonchev–Trinajstić information content (AvgIpc) is 2.16. The van der Waals surface area contributed by atoms with Crippen molar-refractivity contribution < 1.29 is 9.84 Å². The van der Waals surface area contributed by atoms with Crippen molar-refractivity contribution in [3.63, 3.8) is 0 Å². The van der Waals surface area contributed by atoms with Crippen molar-refractivity contribution in [3.05, 3.63) is 12.7 Å². The van der Waals surface area contributed by atoms with E-state index in [1.54, 1.807) is 0 Å². The van der Waals surface area contributed by atoms with Crippen LogP contribution in [0.2, 0.25) is 0 Å². The third-order valence-electron chi connectivity index (χ3n) is 2.69. The number of hydrogen-bond donors (Lipinski definition) is 1. The number of ether oxygens (including phenoxy) is 1. The minimum Gasteiger partial charge on any atom is -0.392 e. The molecular formula is C10H17IO2. The number of aliphatic hydroxyl groups is 1. The van der Waals surface area contributed by atoms with Gasteiger partial charge < -0.3 is 9.84 Å². The number of halogens is 1. The number of hydrogen-bond acceptors (Lipinski definition) is 2. The summed E-state index contributed by atoms with van der Waals surface area (Å²) in [7, 11) is 0. The summed E-state index contributed by atoms with van der Waals surface area (Å²) in [5, 5.41) is 9.70. The maximum Gasteiger partial charge on any atom is 0.0757 e. The molecule has 13 heavy (non-hydrogen) atoms. The summed E-state index contributed by atoms with van der Waals surface area (Å²) in [6.07, 6.45) is 4.01. The Kier molecular flexibility index (Phi) is 4.69. The average molecular weight is 296 g/mol. The normalized spacial score (nSPS) is 37.0. The van der Waals surface area contributed by atoms with Crippen LogP contribution in [0.25, 0.3) is 0 Å². The molecular weight excluding hydrogens is 279 g/mol. The van der Waals surface area contributed by atoms with E-state index in [1.165, 1.54) is 0 Å². The Morgan fingerprint density at radius 3 is 2.85 bits per heavy atom. The van der Waals surface area contributed by atoms with Gasteiger partial charge in [-0.05, 0) is 19.8 Å². The maximum atomic E-state index is 9.70. The van der Waals surface area contributed by atoms with E-state index >= 15 is 0 Å². The summed E-state index contributed by atoms with van der Waals surface area (Å²) in [5.74, 6) is 0.299. The molecule has 4 unspecified atom stereocenters. The summed E-state index contributed by atoms with van der Waals surface area (Å²) in [5.41, 5.74) is 0. The van der Waals surface area contributed by atoms with Crippen molar-refractivity contribution >= 4 is 22.6 Å². The Bertz CT molecular complexity index is 172. The largest absolute Gasteiger partial charge is 0.392 e. The van der Waals surface area contributed by atoms with Gasteiger partial charge in [-0.15, -0.1) is 6.58 Å².